The zero-order valence-electron chi connectivity index (χ0n) is 11.8. The number of hydrogen-bond acceptors (Lipinski definition) is 3. The molecular formula is C14H21N3O3. The third-order valence-corrected chi connectivity index (χ3v) is 2.98. The minimum absolute atomic E-state index is 0.232. The Labute approximate surface area is 118 Å². The first kappa shape index (κ1) is 15.9. The first-order chi connectivity index (χ1) is 9.54. The van der Waals surface area contributed by atoms with Crippen molar-refractivity contribution in [2.75, 3.05) is 0 Å². The van der Waals surface area contributed by atoms with Gasteiger partial charge in [0, 0.05) is 12.4 Å². The Hall–Kier alpha value is -2.11. The molecule has 0 saturated carbocycles. The Morgan fingerprint density at radius 3 is 2.70 bits per heavy atom. The van der Waals surface area contributed by atoms with Crippen LogP contribution in [0.5, 0.6) is 0 Å². The number of rotatable bonds is 7. The van der Waals surface area contributed by atoms with Crippen LogP contribution in [0.2, 0.25) is 0 Å². The molecular weight excluding hydrogens is 258 g/mol. The topological polar surface area (TPSA) is 91.3 Å². The first-order valence-electron chi connectivity index (χ1n) is 6.74. The number of carbonyl (C=O) groups is 2. The van der Waals surface area contributed by atoms with Crippen molar-refractivity contribution in [1.29, 1.82) is 0 Å². The predicted octanol–water partition coefficient (Wildman–Crippen LogP) is 2.09. The van der Waals surface area contributed by atoms with Crippen LogP contribution < -0.4 is 10.6 Å². The van der Waals surface area contributed by atoms with Crippen molar-refractivity contribution in [2.24, 2.45) is 0 Å². The van der Waals surface area contributed by atoms with E-state index in [1.807, 2.05) is 19.9 Å². The summed E-state index contributed by atoms with van der Waals surface area (Å²) in [6.45, 7) is 3.79. The number of urea groups is 1. The molecule has 0 spiro atoms. The second-order valence-corrected chi connectivity index (χ2v) is 4.66. The van der Waals surface area contributed by atoms with Crippen LogP contribution in [0.25, 0.3) is 0 Å². The molecule has 0 radical (unpaired) electrons. The summed E-state index contributed by atoms with van der Waals surface area (Å²) < 4.78 is 0. The van der Waals surface area contributed by atoms with Crippen LogP contribution in [-0.2, 0) is 4.79 Å². The van der Waals surface area contributed by atoms with Gasteiger partial charge in [0.2, 0.25) is 0 Å². The molecule has 0 aliphatic heterocycles. The van der Waals surface area contributed by atoms with Gasteiger partial charge in [0.25, 0.3) is 0 Å². The Morgan fingerprint density at radius 1 is 1.40 bits per heavy atom. The van der Waals surface area contributed by atoms with Crippen molar-refractivity contribution in [1.82, 2.24) is 15.6 Å². The average Bonchev–Trinajstić information content (AvgIpc) is 2.44. The van der Waals surface area contributed by atoms with E-state index in [0.717, 1.165) is 18.4 Å². The zero-order valence-corrected chi connectivity index (χ0v) is 11.8. The van der Waals surface area contributed by atoms with Crippen LogP contribution in [0.4, 0.5) is 4.79 Å². The highest BCUT2D eigenvalue weighted by atomic mass is 16.4. The molecule has 6 heteroatoms. The van der Waals surface area contributed by atoms with E-state index in [2.05, 4.69) is 15.6 Å². The van der Waals surface area contributed by atoms with Crippen LogP contribution in [0.3, 0.4) is 0 Å². The molecule has 110 valence electrons. The molecule has 2 unspecified atom stereocenters. The molecule has 3 N–H and O–H groups in total. The van der Waals surface area contributed by atoms with E-state index in [4.69, 9.17) is 5.11 Å². The number of nitrogens with zero attached hydrogens (tertiary/aromatic N) is 1. The number of pyridine rings is 1. The summed E-state index contributed by atoms with van der Waals surface area (Å²) in [4.78, 5) is 26.8. The van der Waals surface area contributed by atoms with Gasteiger partial charge in [0.05, 0.1) is 6.04 Å². The van der Waals surface area contributed by atoms with Gasteiger partial charge in [-0.1, -0.05) is 25.8 Å². The summed E-state index contributed by atoms with van der Waals surface area (Å²) in [5.41, 5.74) is 0.864. The van der Waals surface area contributed by atoms with E-state index >= 15 is 0 Å². The van der Waals surface area contributed by atoms with Gasteiger partial charge in [-0.3, -0.25) is 4.98 Å². The van der Waals surface area contributed by atoms with E-state index in [1.165, 1.54) is 0 Å². The summed E-state index contributed by atoms with van der Waals surface area (Å²) in [5.74, 6) is -1.01. The molecule has 2 amide bonds. The Bertz CT molecular complexity index is 437. The molecule has 0 fully saturated rings. The molecule has 2 atom stereocenters. The highest BCUT2D eigenvalue weighted by molar-refractivity contribution is 5.82. The van der Waals surface area contributed by atoms with Crippen molar-refractivity contribution < 1.29 is 14.7 Å². The fourth-order valence-electron chi connectivity index (χ4n) is 1.78. The number of carboxylic acids is 1. The minimum Gasteiger partial charge on any atom is -0.480 e. The first-order valence-corrected chi connectivity index (χ1v) is 6.74. The van der Waals surface area contributed by atoms with Crippen molar-refractivity contribution >= 4 is 12.0 Å². The van der Waals surface area contributed by atoms with E-state index in [1.54, 1.807) is 18.5 Å². The van der Waals surface area contributed by atoms with Gasteiger partial charge < -0.3 is 15.7 Å². The van der Waals surface area contributed by atoms with E-state index in [0.29, 0.717) is 6.42 Å². The van der Waals surface area contributed by atoms with Crippen LogP contribution in [-0.4, -0.2) is 28.1 Å². The number of amides is 2. The number of carboxylic acid groups (broad SMARTS) is 1. The van der Waals surface area contributed by atoms with Crippen LogP contribution in [0, 0.1) is 0 Å². The molecule has 0 aliphatic rings. The maximum absolute atomic E-state index is 11.8. The van der Waals surface area contributed by atoms with Crippen molar-refractivity contribution in [3.05, 3.63) is 30.1 Å². The summed E-state index contributed by atoms with van der Waals surface area (Å²) in [5, 5.41) is 14.2. The van der Waals surface area contributed by atoms with Gasteiger partial charge in [-0.25, -0.2) is 9.59 Å². The van der Waals surface area contributed by atoms with Gasteiger partial charge in [0.15, 0.2) is 0 Å². The van der Waals surface area contributed by atoms with Crippen LogP contribution in [0.15, 0.2) is 24.5 Å². The second kappa shape index (κ2) is 8.14. The Balaban J connectivity index is 2.51. The third-order valence-electron chi connectivity index (χ3n) is 2.98. The predicted molar refractivity (Wildman–Crippen MR) is 75.3 cm³/mol. The largest absolute Gasteiger partial charge is 0.480 e. The monoisotopic (exact) mass is 279 g/mol. The maximum Gasteiger partial charge on any atom is 0.326 e. The molecule has 20 heavy (non-hydrogen) atoms. The number of hydrogen-bond donors (Lipinski definition) is 3. The summed E-state index contributed by atoms with van der Waals surface area (Å²) in [7, 11) is 0. The fourth-order valence-corrected chi connectivity index (χ4v) is 1.78. The minimum atomic E-state index is -1.01. The zero-order chi connectivity index (χ0) is 15.0. The lowest BCUT2D eigenvalue weighted by Crippen LogP contribution is -2.46. The molecule has 1 heterocycles. The molecule has 1 aromatic heterocycles. The number of unbranched alkanes of at least 4 members (excludes halogenated alkanes) is 1. The summed E-state index contributed by atoms with van der Waals surface area (Å²) >= 11 is 0. The van der Waals surface area contributed by atoms with Gasteiger partial charge in [-0.15, -0.1) is 0 Å². The normalized spacial score (nSPS) is 13.3. The molecule has 0 saturated heterocycles. The maximum atomic E-state index is 11.8. The highest BCUT2D eigenvalue weighted by Crippen LogP contribution is 2.09. The lowest BCUT2D eigenvalue weighted by atomic mass is 10.1. The van der Waals surface area contributed by atoms with Crippen LogP contribution in [0.1, 0.15) is 44.7 Å². The quantitative estimate of drug-likeness (QED) is 0.712. The molecule has 1 rings (SSSR count). The number of carbonyl (C=O) groups excluding carboxylic acids is 1. The lowest BCUT2D eigenvalue weighted by Gasteiger charge is -2.18. The van der Waals surface area contributed by atoms with Gasteiger partial charge >= 0.3 is 12.0 Å². The smallest absolute Gasteiger partial charge is 0.326 e. The average molecular weight is 279 g/mol. The molecule has 0 aromatic carbocycles. The van der Waals surface area contributed by atoms with E-state index < -0.39 is 18.0 Å². The van der Waals surface area contributed by atoms with E-state index in [9.17, 15) is 9.59 Å². The van der Waals surface area contributed by atoms with Gasteiger partial charge in [0.1, 0.15) is 6.04 Å². The Kier molecular flexibility index (Phi) is 6.49. The standard InChI is InChI=1S/C14H21N3O3/c1-3-4-7-12(13(18)19)17-14(20)16-10(2)11-6-5-8-15-9-11/h5-6,8-10,12H,3-4,7H2,1-2H3,(H,18,19)(H2,16,17,20). The Morgan fingerprint density at radius 2 is 2.15 bits per heavy atom. The van der Waals surface area contributed by atoms with Crippen molar-refractivity contribution in [2.45, 2.75) is 45.2 Å². The number of aromatic nitrogens is 1. The van der Waals surface area contributed by atoms with Gasteiger partial charge in [-0.2, -0.15) is 0 Å². The molecule has 6 nitrogen and oxygen atoms in total. The van der Waals surface area contributed by atoms with Crippen molar-refractivity contribution in [3.63, 3.8) is 0 Å². The number of nitrogens with one attached hydrogen (secondary N) is 2. The molecule has 0 aliphatic carbocycles. The molecule has 0 bridgehead atoms. The van der Waals surface area contributed by atoms with Gasteiger partial charge in [-0.05, 0) is 25.0 Å². The number of aliphatic carboxylic acids is 1. The van der Waals surface area contributed by atoms with E-state index in [-0.39, 0.29) is 6.04 Å². The highest BCUT2D eigenvalue weighted by Gasteiger charge is 2.20. The van der Waals surface area contributed by atoms with Crippen LogP contribution >= 0.6 is 0 Å². The third kappa shape index (κ3) is 5.26. The summed E-state index contributed by atoms with van der Waals surface area (Å²) in [6, 6.07) is 2.07. The second-order valence-electron chi connectivity index (χ2n) is 4.66. The SMILES string of the molecule is CCCCC(NC(=O)NC(C)c1cccnc1)C(=O)O. The summed E-state index contributed by atoms with van der Waals surface area (Å²) in [6.07, 6.45) is 5.40. The molecule has 1 aromatic rings. The lowest BCUT2D eigenvalue weighted by molar-refractivity contribution is -0.139. The fraction of sp³-hybridized carbons (Fsp3) is 0.500. The van der Waals surface area contributed by atoms with Crippen molar-refractivity contribution in [3.8, 4) is 0 Å².